The van der Waals surface area contributed by atoms with Crippen molar-refractivity contribution in [3.63, 3.8) is 0 Å². The van der Waals surface area contributed by atoms with Crippen LogP contribution in [-0.4, -0.2) is 0 Å². The van der Waals surface area contributed by atoms with Crippen LogP contribution in [0.25, 0.3) is 16.8 Å². The highest BCUT2D eigenvalue weighted by atomic mass is 14.4. The molecule has 86 valence electrons. The van der Waals surface area contributed by atoms with E-state index in [1.165, 1.54) is 22.8 Å². The van der Waals surface area contributed by atoms with E-state index in [4.69, 9.17) is 0 Å². The summed E-state index contributed by atoms with van der Waals surface area (Å²) in [6.45, 7) is 4.00. The maximum Gasteiger partial charge on any atom is -0.00808 e. The monoisotopic (exact) mass is 222 g/mol. The topological polar surface area (TPSA) is 0 Å². The van der Waals surface area contributed by atoms with Crippen LogP contribution >= 0.6 is 0 Å². The highest BCUT2D eigenvalue weighted by molar-refractivity contribution is 5.90. The van der Waals surface area contributed by atoms with Crippen LogP contribution in [0.1, 0.15) is 37.3 Å². The minimum absolute atomic E-state index is 0.816. The van der Waals surface area contributed by atoms with Crippen molar-refractivity contribution in [3.05, 3.63) is 53.6 Å². The van der Waals surface area contributed by atoms with Crippen LogP contribution in [0.3, 0.4) is 0 Å². The van der Waals surface area contributed by atoms with Gasteiger partial charge in [0.2, 0.25) is 0 Å². The van der Waals surface area contributed by atoms with Crippen molar-refractivity contribution in [1.82, 2.24) is 0 Å². The Hall–Kier alpha value is -1.56. The van der Waals surface area contributed by atoms with E-state index < -0.39 is 0 Å². The average Bonchev–Trinajstić information content (AvgIpc) is 3.20. The fourth-order valence-electron chi connectivity index (χ4n) is 2.86. The minimum Gasteiger partial charge on any atom is -0.0802 e. The Balaban J connectivity index is 0.000000431. The third kappa shape index (κ3) is 1.59. The molecule has 2 aromatic rings. The zero-order valence-corrected chi connectivity index (χ0v) is 10.5. The second-order valence-electron chi connectivity index (χ2n) is 4.65. The van der Waals surface area contributed by atoms with Crippen molar-refractivity contribution in [1.29, 1.82) is 0 Å². The molecule has 0 amide bonds. The lowest BCUT2D eigenvalue weighted by Gasteiger charge is -2.13. The third-order valence-electron chi connectivity index (χ3n) is 3.74. The van der Waals surface area contributed by atoms with E-state index in [2.05, 4.69) is 48.6 Å². The van der Waals surface area contributed by atoms with E-state index in [0.717, 1.165) is 11.8 Å². The number of allylic oxidation sites excluding steroid dienone is 1. The standard InChI is InChI=1S/C15H12.C2H6/c1-2-4-13-10(3-1)5-6-11-7-8-12-9-14(12)15(11)13;1-2/h1-8,12,14H,9H2;1-2H3. The molecule has 2 atom stereocenters. The molecule has 2 aliphatic carbocycles. The largest absolute Gasteiger partial charge is 0.0802 e. The predicted molar refractivity (Wildman–Crippen MR) is 75.2 cm³/mol. The second kappa shape index (κ2) is 4.03. The first-order chi connectivity index (χ1) is 8.43. The average molecular weight is 222 g/mol. The maximum absolute atomic E-state index is 2.38. The van der Waals surface area contributed by atoms with E-state index in [-0.39, 0.29) is 0 Å². The van der Waals surface area contributed by atoms with Gasteiger partial charge in [-0.3, -0.25) is 0 Å². The van der Waals surface area contributed by atoms with Gasteiger partial charge in [0.25, 0.3) is 0 Å². The summed E-state index contributed by atoms with van der Waals surface area (Å²) in [4.78, 5) is 0. The molecule has 0 aromatic heterocycles. The number of benzene rings is 2. The number of rotatable bonds is 0. The van der Waals surface area contributed by atoms with Crippen LogP contribution in [0, 0.1) is 5.92 Å². The molecule has 0 saturated heterocycles. The smallest absolute Gasteiger partial charge is 0.00808 e. The SMILES string of the molecule is C1=CC2CC2c2c1ccc1ccccc21.CC. The van der Waals surface area contributed by atoms with Gasteiger partial charge in [-0.05, 0) is 40.2 Å². The fraction of sp³-hybridized carbons (Fsp3) is 0.294. The summed E-state index contributed by atoms with van der Waals surface area (Å²) in [7, 11) is 0. The highest BCUT2D eigenvalue weighted by Crippen LogP contribution is 2.54. The van der Waals surface area contributed by atoms with E-state index in [9.17, 15) is 0 Å². The van der Waals surface area contributed by atoms with E-state index in [0.29, 0.717) is 0 Å². The molecule has 17 heavy (non-hydrogen) atoms. The maximum atomic E-state index is 2.38. The van der Waals surface area contributed by atoms with E-state index in [1.807, 2.05) is 13.8 Å². The van der Waals surface area contributed by atoms with Gasteiger partial charge in [-0.2, -0.15) is 0 Å². The van der Waals surface area contributed by atoms with Crippen LogP contribution in [-0.2, 0) is 0 Å². The summed E-state index contributed by atoms with van der Waals surface area (Å²) >= 11 is 0. The van der Waals surface area contributed by atoms with Gasteiger partial charge in [0.15, 0.2) is 0 Å². The van der Waals surface area contributed by atoms with Crippen molar-refractivity contribution in [2.24, 2.45) is 5.92 Å². The van der Waals surface area contributed by atoms with Crippen LogP contribution in [0.4, 0.5) is 0 Å². The summed E-state index contributed by atoms with van der Waals surface area (Å²) in [6.07, 6.45) is 6.04. The lowest BCUT2D eigenvalue weighted by atomic mass is 9.92. The van der Waals surface area contributed by atoms with Crippen molar-refractivity contribution < 1.29 is 0 Å². The molecule has 0 heterocycles. The van der Waals surface area contributed by atoms with Gasteiger partial charge in [-0.15, -0.1) is 0 Å². The van der Waals surface area contributed by atoms with Crippen molar-refractivity contribution in [3.8, 4) is 0 Å². The Bertz CT molecular complexity index is 578. The Morgan fingerprint density at radius 3 is 2.71 bits per heavy atom. The van der Waals surface area contributed by atoms with Gasteiger partial charge in [0.1, 0.15) is 0 Å². The van der Waals surface area contributed by atoms with Gasteiger partial charge >= 0.3 is 0 Å². The number of fused-ring (bicyclic) bond motifs is 5. The zero-order valence-electron chi connectivity index (χ0n) is 10.5. The fourth-order valence-corrected chi connectivity index (χ4v) is 2.86. The van der Waals surface area contributed by atoms with E-state index in [1.54, 1.807) is 5.56 Å². The molecule has 0 N–H and O–H groups in total. The zero-order chi connectivity index (χ0) is 11.8. The molecular weight excluding hydrogens is 204 g/mol. The molecule has 0 heteroatoms. The third-order valence-corrected chi connectivity index (χ3v) is 3.74. The van der Waals surface area contributed by atoms with Crippen LogP contribution < -0.4 is 0 Å². The summed E-state index contributed by atoms with van der Waals surface area (Å²) in [5.41, 5.74) is 3.04. The molecule has 0 bridgehead atoms. The first-order valence-electron chi connectivity index (χ1n) is 6.63. The highest BCUT2D eigenvalue weighted by Gasteiger charge is 2.40. The summed E-state index contributed by atoms with van der Waals surface area (Å²) in [5.74, 6) is 1.65. The minimum atomic E-state index is 0.816. The molecule has 0 aliphatic heterocycles. The van der Waals surface area contributed by atoms with E-state index >= 15 is 0 Å². The van der Waals surface area contributed by atoms with Gasteiger partial charge in [0, 0.05) is 0 Å². The summed E-state index contributed by atoms with van der Waals surface area (Å²) in [6, 6.07) is 13.3. The molecule has 2 aliphatic rings. The Morgan fingerprint density at radius 1 is 1.00 bits per heavy atom. The van der Waals surface area contributed by atoms with Crippen molar-refractivity contribution >= 4 is 16.8 Å². The molecule has 0 spiro atoms. The Kier molecular flexibility index (Phi) is 2.51. The molecule has 2 unspecified atom stereocenters. The lowest BCUT2D eigenvalue weighted by Crippen LogP contribution is -1.93. The molecule has 0 nitrogen and oxygen atoms in total. The molecule has 4 rings (SSSR count). The van der Waals surface area contributed by atoms with Gasteiger partial charge in [-0.1, -0.05) is 62.4 Å². The van der Waals surface area contributed by atoms with Crippen molar-refractivity contribution in [2.45, 2.75) is 26.2 Å². The predicted octanol–water partition coefficient (Wildman–Crippen LogP) is 5.00. The summed E-state index contributed by atoms with van der Waals surface area (Å²) in [5, 5.41) is 2.85. The normalized spacial score (nSPS) is 23.4. The van der Waals surface area contributed by atoms with Crippen LogP contribution in [0.15, 0.2) is 42.5 Å². The molecule has 1 fully saturated rings. The Labute approximate surface area is 103 Å². The lowest BCUT2D eigenvalue weighted by molar-refractivity contribution is 1.01. The second-order valence-corrected chi connectivity index (χ2v) is 4.65. The molecule has 0 radical (unpaired) electrons. The summed E-state index contributed by atoms with van der Waals surface area (Å²) < 4.78 is 0. The Morgan fingerprint density at radius 2 is 1.82 bits per heavy atom. The van der Waals surface area contributed by atoms with Gasteiger partial charge in [0.05, 0.1) is 0 Å². The molecule has 2 aromatic carbocycles. The first kappa shape index (κ1) is 10.6. The van der Waals surface area contributed by atoms with Crippen LogP contribution in [0.2, 0.25) is 0 Å². The number of hydrogen-bond donors (Lipinski definition) is 0. The first-order valence-corrected chi connectivity index (χ1v) is 6.63. The quantitative estimate of drug-likeness (QED) is 0.588. The number of hydrogen-bond acceptors (Lipinski definition) is 0. The van der Waals surface area contributed by atoms with Crippen molar-refractivity contribution in [2.75, 3.05) is 0 Å². The van der Waals surface area contributed by atoms with Gasteiger partial charge < -0.3 is 0 Å². The molecule has 1 saturated carbocycles. The van der Waals surface area contributed by atoms with Crippen LogP contribution in [0.5, 0.6) is 0 Å². The molecular formula is C17H18. The van der Waals surface area contributed by atoms with Gasteiger partial charge in [-0.25, -0.2) is 0 Å².